The number of nitrogens with zero attached hydrogens (tertiary/aromatic N) is 2. The van der Waals surface area contributed by atoms with Crippen LogP contribution in [0, 0.1) is 13.8 Å². The van der Waals surface area contributed by atoms with E-state index in [1.807, 2.05) is 0 Å². The van der Waals surface area contributed by atoms with Gasteiger partial charge < -0.3 is 0 Å². The fourth-order valence-electron chi connectivity index (χ4n) is 0.909. The van der Waals surface area contributed by atoms with E-state index in [1.165, 1.54) is 0 Å². The summed E-state index contributed by atoms with van der Waals surface area (Å²) in [5.74, 6) is 0. The van der Waals surface area contributed by atoms with Crippen molar-refractivity contribution in [2.75, 3.05) is 0 Å². The van der Waals surface area contributed by atoms with Gasteiger partial charge in [0.25, 0.3) is 0 Å². The number of pyridine rings is 1. The third kappa shape index (κ3) is 0.888. The highest BCUT2D eigenvalue weighted by atomic mass is 15.1. The maximum absolute atomic E-state index is 5.51. The van der Waals surface area contributed by atoms with Crippen LogP contribution < -0.4 is 0 Å². The summed E-state index contributed by atoms with van der Waals surface area (Å²) in [5, 5.41) is 6.52. The summed E-state index contributed by atoms with van der Waals surface area (Å²) in [7, 11) is 0. The molecule has 3 nitrogen and oxygen atoms in total. The van der Waals surface area contributed by atoms with Gasteiger partial charge in [-0.15, -0.1) is 0 Å². The van der Waals surface area contributed by atoms with Gasteiger partial charge in [-0.05, 0) is 11.6 Å². The first-order chi connectivity index (χ1) is 5.27. The summed E-state index contributed by atoms with van der Waals surface area (Å²) < 4.78 is 0. The number of hydrogen-bond acceptors (Lipinski definition) is 2. The zero-order valence-electron chi connectivity index (χ0n) is 5.70. The van der Waals surface area contributed by atoms with Crippen molar-refractivity contribution in [1.29, 1.82) is 0 Å². The van der Waals surface area contributed by atoms with Gasteiger partial charge in [0.05, 0.1) is 11.7 Å². The lowest BCUT2D eigenvalue weighted by Gasteiger charge is -1.95. The molecule has 0 atom stereocenters. The molecule has 0 fully saturated rings. The van der Waals surface area contributed by atoms with Gasteiger partial charge in [0.2, 0.25) is 0 Å². The molecule has 2 rings (SSSR count). The molecule has 0 saturated heterocycles. The van der Waals surface area contributed by atoms with Crippen molar-refractivity contribution in [2.24, 2.45) is 0 Å². The molecule has 11 heavy (non-hydrogen) atoms. The van der Waals surface area contributed by atoms with Gasteiger partial charge in [-0.25, -0.2) is 4.98 Å². The van der Waals surface area contributed by atoms with Crippen LogP contribution >= 0.6 is 0 Å². The van der Waals surface area contributed by atoms with E-state index < -0.39 is 0 Å². The first kappa shape index (κ1) is 6.34. The van der Waals surface area contributed by atoms with Gasteiger partial charge in [-0.3, -0.25) is 5.10 Å². The van der Waals surface area contributed by atoms with Gasteiger partial charge in [0.15, 0.2) is 0 Å². The molecule has 0 spiro atoms. The van der Waals surface area contributed by atoms with E-state index >= 15 is 0 Å². The summed E-state index contributed by atoms with van der Waals surface area (Å²) in [5.41, 5.74) is 2.36. The minimum absolute atomic E-state index is 0.346. The Morgan fingerprint density at radius 2 is 2.18 bits per heavy atom. The van der Waals surface area contributed by atoms with E-state index in [0.29, 0.717) is 11.3 Å². The maximum atomic E-state index is 5.51. The molecule has 0 aliphatic rings. The van der Waals surface area contributed by atoms with Gasteiger partial charge in [-0.1, -0.05) is 0 Å². The maximum Gasteiger partial charge on any atom is 0.108 e. The van der Waals surface area contributed by atoms with E-state index in [-0.39, 0.29) is 0 Å². The Labute approximate surface area is 64.5 Å². The molecule has 2 aromatic heterocycles. The minimum atomic E-state index is 0.346. The first-order valence-corrected chi connectivity index (χ1v) is 3.12. The summed E-state index contributed by atoms with van der Waals surface area (Å²) in [6.07, 6.45) is 1.60. The van der Waals surface area contributed by atoms with Crippen molar-refractivity contribution >= 4 is 11.0 Å². The molecule has 0 saturated carbocycles. The zero-order valence-corrected chi connectivity index (χ0v) is 5.70. The highest BCUT2D eigenvalue weighted by Gasteiger charge is 1.99. The lowest BCUT2D eigenvalue weighted by Crippen LogP contribution is -1.85. The van der Waals surface area contributed by atoms with E-state index in [9.17, 15) is 0 Å². The van der Waals surface area contributed by atoms with Crippen molar-refractivity contribution in [3.8, 4) is 0 Å². The van der Waals surface area contributed by atoms with Crippen LogP contribution in [0.2, 0.25) is 0 Å². The molecule has 3 heteroatoms. The Bertz CT molecular complexity index is 353. The molecule has 52 valence electrons. The van der Waals surface area contributed by atoms with Crippen LogP contribution in [0.25, 0.3) is 11.0 Å². The van der Waals surface area contributed by atoms with Gasteiger partial charge in [0.1, 0.15) is 5.52 Å². The third-order valence-corrected chi connectivity index (χ3v) is 1.48. The van der Waals surface area contributed by atoms with E-state index in [1.54, 1.807) is 12.3 Å². The fraction of sp³-hybridized carbons (Fsp3) is 0. The molecular formula is C8H5N3. The van der Waals surface area contributed by atoms with E-state index in [2.05, 4.69) is 15.2 Å². The van der Waals surface area contributed by atoms with Crippen LogP contribution in [0.4, 0.5) is 0 Å². The normalized spacial score (nSPS) is 10.7. The quantitative estimate of drug-likeness (QED) is 0.599. The van der Waals surface area contributed by atoms with Crippen LogP contribution in [-0.2, 0) is 0 Å². The predicted octanol–water partition coefficient (Wildman–Crippen LogP) is 1.08. The second kappa shape index (κ2) is 2.05. The first-order valence-electron chi connectivity index (χ1n) is 3.12. The molecule has 0 aromatic carbocycles. The second-order valence-electron chi connectivity index (χ2n) is 2.27. The molecule has 0 bridgehead atoms. The van der Waals surface area contributed by atoms with E-state index in [4.69, 9.17) is 13.8 Å². The van der Waals surface area contributed by atoms with Crippen molar-refractivity contribution in [3.63, 3.8) is 0 Å². The van der Waals surface area contributed by atoms with Crippen LogP contribution in [0.3, 0.4) is 0 Å². The molecule has 4 radical (unpaired) electrons. The smallest absolute Gasteiger partial charge is 0.108 e. The number of hydrogen-bond donors (Lipinski definition) is 1. The van der Waals surface area contributed by atoms with Crippen molar-refractivity contribution < 1.29 is 0 Å². The minimum Gasteiger partial charge on any atom is -0.276 e. The number of rotatable bonds is 0. The zero-order chi connectivity index (χ0) is 7.84. The summed E-state index contributed by atoms with van der Waals surface area (Å²) in [4.78, 5) is 3.99. The van der Waals surface area contributed by atoms with Crippen molar-refractivity contribution in [3.05, 3.63) is 37.4 Å². The van der Waals surface area contributed by atoms with Crippen LogP contribution in [0.1, 0.15) is 11.3 Å². The van der Waals surface area contributed by atoms with Crippen molar-refractivity contribution in [1.82, 2.24) is 15.2 Å². The van der Waals surface area contributed by atoms with Crippen molar-refractivity contribution in [2.45, 2.75) is 0 Å². The van der Waals surface area contributed by atoms with Gasteiger partial charge in [-0.2, -0.15) is 5.10 Å². The van der Waals surface area contributed by atoms with Crippen LogP contribution in [0.5, 0.6) is 0 Å². The Balaban J connectivity index is 2.86. The largest absolute Gasteiger partial charge is 0.276 e. The molecule has 0 amide bonds. The lowest BCUT2D eigenvalue weighted by atomic mass is 10.2. The predicted molar refractivity (Wildman–Crippen MR) is 40.7 cm³/mol. The Hall–Kier alpha value is -1.38. The monoisotopic (exact) mass is 143 g/mol. The second-order valence-corrected chi connectivity index (χ2v) is 2.27. The Morgan fingerprint density at radius 1 is 1.36 bits per heavy atom. The highest BCUT2D eigenvalue weighted by molar-refractivity contribution is 5.74. The summed E-state index contributed by atoms with van der Waals surface area (Å²) in [6, 6.07) is 1.71. The molecule has 0 unspecified atom stereocenters. The van der Waals surface area contributed by atoms with Gasteiger partial charge >= 0.3 is 0 Å². The Morgan fingerprint density at radius 3 is 3.00 bits per heavy atom. The standard InChI is InChI=1S/C8H5N3/c1-5-3-7-8(4-9-11-7)10-6(5)2/h1-4H,(H,9,11). The SMILES string of the molecule is [CH]c1cc2[nH]ncc2nc1[CH]. The molecule has 2 heterocycles. The van der Waals surface area contributed by atoms with Gasteiger partial charge in [0, 0.05) is 19.5 Å². The number of fused-ring (bicyclic) bond motifs is 1. The number of nitrogens with one attached hydrogen (secondary N) is 1. The van der Waals surface area contributed by atoms with Crippen LogP contribution in [0.15, 0.2) is 12.3 Å². The lowest BCUT2D eigenvalue weighted by molar-refractivity contribution is 1.12. The summed E-state index contributed by atoms with van der Waals surface area (Å²) in [6.45, 7) is 11.0. The van der Waals surface area contributed by atoms with Crippen LogP contribution in [-0.4, -0.2) is 15.2 Å². The highest BCUT2D eigenvalue weighted by Crippen LogP contribution is 2.11. The summed E-state index contributed by atoms with van der Waals surface area (Å²) >= 11 is 0. The number of aromatic nitrogens is 3. The number of aromatic amines is 1. The molecule has 0 aliphatic heterocycles. The molecule has 1 N–H and O–H groups in total. The number of H-pyrrole nitrogens is 1. The average Bonchev–Trinajstić information content (AvgIpc) is 2.36. The molecular weight excluding hydrogens is 138 g/mol. The fourth-order valence-corrected chi connectivity index (χ4v) is 0.909. The molecule has 0 aliphatic carbocycles. The average molecular weight is 143 g/mol. The third-order valence-electron chi connectivity index (χ3n) is 1.48. The van der Waals surface area contributed by atoms with E-state index in [0.717, 1.165) is 11.0 Å². The topological polar surface area (TPSA) is 41.6 Å². The molecule has 2 aromatic rings. The Kier molecular flexibility index (Phi) is 1.18.